The first kappa shape index (κ1) is 23.3. The first-order chi connectivity index (χ1) is 7.61. The maximum absolute atomic E-state index is 5.42. The van der Waals surface area contributed by atoms with Crippen LogP contribution in [0.2, 0.25) is 0 Å². The van der Waals surface area contributed by atoms with E-state index in [2.05, 4.69) is 9.97 Å². The van der Waals surface area contributed by atoms with Gasteiger partial charge in [0.25, 0.3) is 0 Å². The van der Waals surface area contributed by atoms with Crippen molar-refractivity contribution in [2.45, 2.75) is 25.9 Å². The van der Waals surface area contributed by atoms with Crippen LogP contribution >= 0.6 is 37.2 Å². The summed E-state index contributed by atoms with van der Waals surface area (Å²) in [5.74, 6) is 1.45. The molecule has 0 aromatic carbocycles. The molecule has 0 fully saturated rings. The Morgan fingerprint density at radius 2 is 1.16 bits per heavy atom. The summed E-state index contributed by atoms with van der Waals surface area (Å²) in [6.45, 7) is 3.70. The van der Waals surface area contributed by atoms with Crippen molar-refractivity contribution in [2.24, 2.45) is 11.5 Å². The maximum Gasteiger partial charge on any atom is 0.180 e. The second-order valence-corrected chi connectivity index (χ2v) is 3.38. The van der Waals surface area contributed by atoms with E-state index in [0.717, 1.165) is 11.5 Å². The molecule has 2 heterocycles. The number of nitrogens with zero attached hydrogens (tertiary/aromatic N) is 2. The fraction of sp³-hybridized carbons (Fsp3) is 0.400. The fourth-order valence-electron chi connectivity index (χ4n) is 0.901. The van der Waals surface area contributed by atoms with Crippen molar-refractivity contribution in [1.82, 2.24) is 9.97 Å². The predicted octanol–water partition coefficient (Wildman–Crippen LogP) is 2.65. The third-order valence-corrected chi connectivity index (χ3v) is 1.80. The van der Waals surface area contributed by atoms with Crippen molar-refractivity contribution >= 4 is 37.2 Å². The van der Waals surface area contributed by atoms with Crippen molar-refractivity contribution in [3.8, 4) is 0 Å². The van der Waals surface area contributed by atoms with Gasteiger partial charge in [0.2, 0.25) is 0 Å². The van der Waals surface area contributed by atoms with Crippen molar-refractivity contribution in [2.75, 3.05) is 0 Å². The third-order valence-electron chi connectivity index (χ3n) is 1.80. The highest BCUT2D eigenvalue weighted by Gasteiger charge is 2.00. The van der Waals surface area contributed by atoms with E-state index in [9.17, 15) is 0 Å². The molecule has 0 bridgehead atoms. The molecule has 2 atom stereocenters. The quantitative estimate of drug-likeness (QED) is 0.875. The highest BCUT2D eigenvalue weighted by Crippen LogP contribution is 2.05. The number of nitrogens with two attached hydrogens (primary N) is 2. The van der Waals surface area contributed by atoms with E-state index in [4.69, 9.17) is 20.3 Å². The Hall–Kier alpha value is -0.790. The van der Waals surface area contributed by atoms with Crippen LogP contribution in [0, 0.1) is 0 Å². The molecule has 0 spiro atoms. The van der Waals surface area contributed by atoms with Gasteiger partial charge in [0, 0.05) is 0 Å². The second kappa shape index (κ2) is 12.3. The second-order valence-electron chi connectivity index (χ2n) is 3.38. The Morgan fingerprint density at radius 3 is 1.26 bits per heavy atom. The van der Waals surface area contributed by atoms with Crippen LogP contribution in [0.5, 0.6) is 0 Å². The predicted molar refractivity (Wildman–Crippen MR) is 80.0 cm³/mol. The van der Waals surface area contributed by atoms with Crippen molar-refractivity contribution in [3.05, 3.63) is 36.7 Å². The number of halogens is 3. The smallest absolute Gasteiger partial charge is 0.180 e. The van der Waals surface area contributed by atoms with Gasteiger partial charge in [-0.2, -0.15) is 0 Å². The van der Waals surface area contributed by atoms with Crippen LogP contribution < -0.4 is 11.5 Å². The normalized spacial score (nSPS) is 11.6. The van der Waals surface area contributed by atoms with Gasteiger partial charge in [-0.3, -0.25) is 0 Å². The highest BCUT2D eigenvalue weighted by atomic mass is 35.5. The monoisotopic (exact) mass is 332 g/mol. The van der Waals surface area contributed by atoms with Crippen molar-refractivity contribution in [3.63, 3.8) is 0 Å². The molecule has 0 aliphatic heterocycles. The third kappa shape index (κ3) is 8.85. The molecule has 0 aliphatic rings. The lowest BCUT2D eigenvalue weighted by atomic mass is 10.3. The SMILES string of the molecule is CC(N)c1cnco1.CC(N)c1cnco1.Cl.Cl.Cl. The summed E-state index contributed by atoms with van der Waals surface area (Å²) in [4.78, 5) is 7.39. The van der Waals surface area contributed by atoms with E-state index in [1.54, 1.807) is 12.4 Å². The van der Waals surface area contributed by atoms with Gasteiger partial charge in [-0.05, 0) is 13.8 Å². The van der Waals surface area contributed by atoms with Crippen LogP contribution in [-0.2, 0) is 0 Å². The van der Waals surface area contributed by atoms with Crippen LogP contribution in [-0.4, -0.2) is 9.97 Å². The van der Waals surface area contributed by atoms with Crippen LogP contribution in [0.15, 0.2) is 34.0 Å². The first-order valence-electron chi connectivity index (χ1n) is 4.89. The number of aromatic nitrogens is 2. The minimum Gasteiger partial charge on any atom is -0.447 e. The lowest BCUT2D eigenvalue weighted by Crippen LogP contribution is -2.02. The van der Waals surface area contributed by atoms with Gasteiger partial charge in [-0.15, -0.1) is 37.2 Å². The van der Waals surface area contributed by atoms with Gasteiger partial charge < -0.3 is 20.3 Å². The molecular weight excluding hydrogens is 314 g/mol. The fourth-order valence-corrected chi connectivity index (χ4v) is 0.901. The first-order valence-corrected chi connectivity index (χ1v) is 4.89. The number of oxazole rings is 2. The van der Waals surface area contributed by atoms with Gasteiger partial charge in [0.15, 0.2) is 12.8 Å². The summed E-state index contributed by atoms with van der Waals surface area (Å²) in [5.41, 5.74) is 10.8. The average Bonchev–Trinajstić information content (AvgIpc) is 2.93. The van der Waals surface area contributed by atoms with Crippen LogP contribution in [0.4, 0.5) is 0 Å². The maximum atomic E-state index is 5.42. The molecule has 0 aliphatic carbocycles. The van der Waals surface area contributed by atoms with Crippen LogP contribution in [0.1, 0.15) is 37.5 Å². The van der Waals surface area contributed by atoms with Gasteiger partial charge >= 0.3 is 0 Å². The Labute approximate surface area is 130 Å². The van der Waals surface area contributed by atoms with Crippen molar-refractivity contribution < 1.29 is 8.83 Å². The standard InChI is InChI=1S/2C5H8N2O.3ClH/c2*1-4(6)5-2-7-3-8-5;;;/h2*2-4H,6H2,1H3;3*1H. The molecule has 0 amide bonds. The molecule has 2 aromatic heterocycles. The summed E-state index contributed by atoms with van der Waals surface area (Å²) in [5, 5.41) is 0. The zero-order chi connectivity index (χ0) is 12.0. The van der Waals surface area contributed by atoms with E-state index in [1.807, 2.05) is 13.8 Å². The molecular formula is C10H19Cl3N4O2. The van der Waals surface area contributed by atoms with Gasteiger partial charge in [0.1, 0.15) is 11.5 Å². The molecule has 0 saturated carbocycles. The summed E-state index contributed by atoms with van der Waals surface area (Å²) in [6.07, 6.45) is 5.98. The lowest BCUT2D eigenvalue weighted by molar-refractivity contribution is 0.475. The zero-order valence-electron chi connectivity index (χ0n) is 10.6. The summed E-state index contributed by atoms with van der Waals surface area (Å²) >= 11 is 0. The molecule has 2 rings (SSSR count). The molecule has 0 saturated heterocycles. The lowest BCUT2D eigenvalue weighted by Gasteiger charge is -1.94. The highest BCUT2D eigenvalue weighted by molar-refractivity contribution is 5.86. The topological polar surface area (TPSA) is 104 Å². The molecule has 9 heteroatoms. The summed E-state index contributed by atoms with van der Waals surface area (Å²) < 4.78 is 9.72. The van der Waals surface area contributed by atoms with Gasteiger partial charge in [-0.25, -0.2) is 9.97 Å². The van der Waals surface area contributed by atoms with Crippen LogP contribution in [0.25, 0.3) is 0 Å². The molecule has 2 unspecified atom stereocenters. The van der Waals surface area contributed by atoms with Crippen LogP contribution in [0.3, 0.4) is 0 Å². The summed E-state index contributed by atoms with van der Waals surface area (Å²) in [7, 11) is 0. The van der Waals surface area contributed by atoms with E-state index in [0.29, 0.717) is 0 Å². The van der Waals surface area contributed by atoms with Crippen molar-refractivity contribution in [1.29, 1.82) is 0 Å². The number of hydrogen-bond acceptors (Lipinski definition) is 6. The summed E-state index contributed by atoms with van der Waals surface area (Å²) in [6, 6.07) is -0.0880. The minimum atomic E-state index is -0.0440. The molecule has 6 nitrogen and oxygen atoms in total. The molecule has 19 heavy (non-hydrogen) atoms. The van der Waals surface area contributed by atoms with E-state index in [1.165, 1.54) is 12.8 Å². The molecule has 0 radical (unpaired) electrons. The van der Waals surface area contributed by atoms with E-state index < -0.39 is 0 Å². The Kier molecular flexibility index (Phi) is 15.0. The minimum absolute atomic E-state index is 0. The Balaban J connectivity index is -0.000000233. The van der Waals surface area contributed by atoms with Gasteiger partial charge in [0.05, 0.1) is 24.5 Å². The zero-order valence-corrected chi connectivity index (χ0v) is 13.0. The van der Waals surface area contributed by atoms with Gasteiger partial charge in [-0.1, -0.05) is 0 Å². The van der Waals surface area contributed by atoms with E-state index >= 15 is 0 Å². The molecule has 112 valence electrons. The number of hydrogen-bond donors (Lipinski definition) is 2. The average molecular weight is 334 g/mol. The largest absolute Gasteiger partial charge is 0.447 e. The Bertz CT molecular complexity index is 341. The molecule has 2 aromatic rings. The Morgan fingerprint density at radius 1 is 0.842 bits per heavy atom. The number of rotatable bonds is 2. The molecule has 4 N–H and O–H groups in total. The van der Waals surface area contributed by atoms with E-state index in [-0.39, 0.29) is 49.3 Å².